The Labute approximate surface area is 196 Å². The zero-order chi connectivity index (χ0) is 22.3. The number of rotatable bonds is 9. The van der Waals surface area contributed by atoms with Crippen LogP contribution in [0.25, 0.3) is 10.8 Å². The predicted octanol–water partition coefficient (Wildman–Crippen LogP) is 9.67. The van der Waals surface area contributed by atoms with Crippen molar-refractivity contribution in [3.63, 3.8) is 0 Å². The van der Waals surface area contributed by atoms with E-state index in [1.165, 1.54) is 82.6 Å². The second-order valence-corrected chi connectivity index (χ2v) is 11.1. The molecule has 176 valence electrons. The van der Waals surface area contributed by atoms with E-state index in [2.05, 4.69) is 38.1 Å². The molecule has 0 nitrogen and oxygen atoms in total. The van der Waals surface area contributed by atoms with Gasteiger partial charge in [0.25, 0.3) is 0 Å². The highest BCUT2D eigenvalue weighted by molar-refractivity contribution is 5.84. The van der Waals surface area contributed by atoms with Crippen LogP contribution in [0.1, 0.15) is 108 Å². The Morgan fingerprint density at radius 1 is 0.750 bits per heavy atom. The fourth-order valence-corrected chi connectivity index (χ4v) is 6.69. The van der Waals surface area contributed by atoms with Crippen molar-refractivity contribution in [2.24, 2.45) is 23.7 Å². The zero-order valence-electron chi connectivity index (χ0n) is 20.7. The van der Waals surface area contributed by atoms with Crippen LogP contribution < -0.4 is 0 Å². The van der Waals surface area contributed by atoms with Gasteiger partial charge in [0.1, 0.15) is 5.82 Å². The van der Waals surface area contributed by atoms with Gasteiger partial charge in [-0.3, -0.25) is 0 Å². The summed E-state index contributed by atoms with van der Waals surface area (Å²) in [5, 5.41) is 1.88. The van der Waals surface area contributed by atoms with E-state index in [9.17, 15) is 0 Å². The maximum Gasteiger partial charge on any atom is 0.134 e. The minimum Gasteiger partial charge on any atom is -0.206 e. The number of hydrogen-bond acceptors (Lipinski definition) is 0. The molecule has 0 aromatic heterocycles. The molecule has 1 heteroatoms. The van der Waals surface area contributed by atoms with Crippen molar-refractivity contribution < 1.29 is 4.39 Å². The minimum atomic E-state index is 0.0315. The van der Waals surface area contributed by atoms with Crippen LogP contribution in [0.15, 0.2) is 30.3 Å². The summed E-state index contributed by atoms with van der Waals surface area (Å²) in [5.74, 6) is 3.82. The van der Waals surface area contributed by atoms with Crippen molar-refractivity contribution in [2.75, 3.05) is 0 Å². The lowest BCUT2D eigenvalue weighted by atomic mass is 9.68. The van der Waals surface area contributed by atoms with Gasteiger partial charge in [0.15, 0.2) is 0 Å². The number of benzene rings is 2. The molecule has 2 aliphatic carbocycles. The van der Waals surface area contributed by atoms with E-state index in [-0.39, 0.29) is 5.82 Å². The fraction of sp³-hybridized carbons (Fsp3) is 0.677. The lowest BCUT2D eigenvalue weighted by molar-refractivity contribution is 0.142. The quantitative estimate of drug-likeness (QED) is 0.343. The normalized spacial score (nSPS) is 26.5. The SMILES string of the molecule is CCCCCc1ccc2c(F)c(CCC3CCC(C4CCC(CC)CC4)CC3)ccc2c1. The number of aryl methyl sites for hydroxylation is 2. The summed E-state index contributed by atoms with van der Waals surface area (Å²) in [5.41, 5.74) is 2.27. The van der Waals surface area contributed by atoms with Crippen LogP contribution in [0.4, 0.5) is 4.39 Å². The Hall–Kier alpha value is -1.37. The molecule has 0 aliphatic heterocycles. The fourth-order valence-electron chi connectivity index (χ4n) is 6.69. The largest absolute Gasteiger partial charge is 0.206 e. The second kappa shape index (κ2) is 11.7. The first-order valence-electron chi connectivity index (χ1n) is 13.9. The van der Waals surface area contributed by atoms with Crippen molar-refractivity contribution in [1.29, 1.82) is 0 Å². The first kappa shape index (κ1) is 23.8. The van der Waals surface area contributed by atoms with Crippen LogP contribution in [0.3, 0.4) is 0 Å². The summed E-state index contributed by atoms with van der Waals surface area (Å²) < 4.78 is 15.2. The lowest BCUT2D eigenvalue weighted by Crippen LogP contribution is -2.25. The predicted molar refractivity (Wildman–Crippen MR) is 137 cm³/mol. The molecule has 2 aliphatic rings. The number of fused-ring (bicyclic) bond motifs is 1. The highest BCUT2D eigenvalue weighted by Crippen LogP contribution is 2.42. The standard InChI is InChI=1S/C31H45F/c1-3-5-6-7-25-13-21-30-29(22-25)20-19-28(31(30)32)18-12-24-10-16-27(17-11-24)26-14-8-23(4-2)9-15-26/h13,19-24,26-27H,3-12,14-18H2,1-2H3. The van der Waals surface area contributed by atoms with Crippen molar-refractivity contribution in [2.45, 2.75) is 110 Å². The molecule has 4 rings (SSSR count). The molecule has 0 unspecified atom stereocenters. The molecule has 32 heavy (non-hydrogen) atoms. The van der Waals surface area contributed by atoms with Gasteiger partial charge in [-0.15, -0.1) is 0 Å². The Morgan fingerprint density at radius 2 is 1.44 bits per heavy atom. The van der Waals surface area contributed by atoms with E-state index in [1.807, 2.05) is 6.07 Å². The van der Waals surface area contributed by atoms with E-state index >= 15 is 4.39 Å². The number of hydrogen-bond donors (Lipinski definition) is 0. The van der Waals surface area contributed by atoms with E-state index in [1.54, 1.807) is 0 Å². The highest BCUT2D eigenvalue weighted by Gasteiger charge is 2.30. The molecule has 0 radical (unpaired) electrons. The molecular formula is C31H45F. The van der Waals surface area contributed by atoms with Gasteiger partial charge >= 0.3 is 0 Å². The van der Waals surface area contributed by atoms with Gasteiger partial charge in [-0.25, -0.2) is 4.39 Å². The molecule has 2 fully saturated rings. The van der Waals surface area contributed by atoms with Crippen LogP contribution >= 0.6 is 0 Å². The molecular weight excluding hydrogens is 391 g/mol. The summed E-state index contributed by atoms with van der Waals surface area (Å²) in [6.45, 7) is 4.60. The zero-order valence-corrected chi connectivity index (χ0v) is 20.7. The molecule has 0 heterocycles. The minimum absolute atomic E-state index is 0.0315. The molecule has 2 saturated carbocycles. The Morgan fingerprint density at radius 3 is 2.09 bits per heavy atom. The summed E-state index contributed by atoms with van der Waals surface area (Å²) in [6.07, 6.45) is 19.8. The maximum atomic E-state index is 15.2. The van der Waals surface area contributed by atoms with Gasteiger partial charge < -0.3 is 0 Å². The average molecular weight is 437 g/mol. The van der Waals surface area contributed by atoms with Gasteiger partial charge in [0.2, 0.25) is 0 Å². The molecule has 0 spiro atoms. The van der Waals surface area contributed by atoms with Gasteiger partial charge in [0.05, 0.1) is 0 Å². The third-order valence-corrected chi connectivity index (χ3v) is 9.02. The molecule has 0 bridgehead atoms. The van der Waals surface area contributed by atoms with E-state index < -0.39 is 0 Å². The number of halogens is 1. The Balaban J connectivity index is 1.27. The molecule has 0 atom stereocenters. The van der Waals surface area contributed by atoms with E-state index in [0.717, 1.165) is 59.3 Å². The summed E-state index contributed by atoms with van der Waals surface area (Å²) >= 11 is 0. The Bertz CT molecular complexity index is 837. The van der Waals surface area contributed by atoms with Crippen LogP contribution in [-0.4, -0.2) is 0 Å². The first-order chi connectivity index (χ1) is 15.7. The van der Waals surface area contributed by atoms with Gasteiger partial charge in [-0.2, -0.15) is 0 Å². The maximum absolute atomic E-state index is 15.2. The van der Waals surface area contributed by atoms with Crippen LogP contribution in [0.2, 0.25) is 0 Å². The Kier molecular flexibility index (Phi) is 8.67. The van der Waals surface area contributed by atoms with Crippen molar-refractivity contribution in [1.82, 2.24) is 0 Å². The van der Waals surface area contributed by atoms with Gasteiger partial charge in [-0.05, 0) is 91.6 Å². The second-order valence-electron chi connectivity index (χ2n) is 11.1. The summed E-state index contributed by atoms with van der Waals surface area (Å²) in [4.78, 5) is 0. The van der Waals surface area contributed by atoms with E-state index in [4.69, 9.17) is 0 Å². The number of unbranched alkanes of at least 4 members (excludes halogenated alkanes) is 2. The third-order valence-electron chi connectivity index (χ3n) is 9.02. The first-order valence-corrected chi connectivity index (χ1v) is 13.9. The molecule has 2 aromatic rings. The molecule has 0 N–H and O–H groups in total. The smallest absolute Gasteiger partial charge is 0.134 e. The van der Waals surface area contributed by atoms with Crippen LogP contribution in [0, 0.1) is 29.5 Å². The summed E-state index contributed by atoms with van der Waals surface area (Å²) in [7, 11) is 0. The highest BCUT2D eigenvalue weighted by atomic mass is 19.1. The monoisotopic (exact) mass is 436 g/mol. The topological polar surface area (TPSA) is 0 Å². The van der Waals surface area contributed by atoms with Crippen LogP contribution in [-0.2, 0) is 12.8 Å². The molecule has 0 amide bonds. The van der Waals surface area contributed by atoms with Crippen molar-refractivity contribution >= 4 is 10.8 Å². The summed E-state index contributed by atoms with van der Waals surface area (Å²) in [6, 6.07) is 10.6. The average Bonchev–Trinajstić information content (AvgIpc) is 2.84. The lowest BCUT2D eigenvalue weighted by Gasteiger charge is -2.37. The van der Waals surface area contributed by atoms with E-state index in [0.29, 0.717) is 0 Å². The van der Waals surface area contributed by atoms with Crippen molar-refractivity contribution in [3.8, 4) is 0 Å². The van der Waals surface area contributed by atoms with Gasteiger partial charge in [-0.1, -0.05) is 89.1 Å². The third kappa shape index (κ3) is 5.95. The van der Waals surface area contributed by atoms with Crippen molar-refractivity contribution in [3.05, 3.63) is 47.3 Å². The van der Waals surface area contributed by atoms with Crippen LogP contribution in [0.5, 0.6) is 0 Å². The van der Waals surface area contributed by atoms with Gasteiger partial charge in [0, 0.05) is 5.39 Å². The molecule has 2 aromatic carbocycles. The molecule has 0 saturated heterocycles.